The molecule has 7 heteroatoms. The van der Waals surface area contributed by atoms with Gasteiger partial charge in [0.15, 0.2) is 0 Å². The molecule has 1 aromatic heterocycles. The fraction of sp³-hybridized carbons (Fsp3) is 0.636. The van der Waals surface area contributed by atoms with E-state index in [0.717, 1.165) is 0 Å². The maximum Gasteiger partial charge on any atom is 0.293 e. The van der Waals surface area contributed by atoms with Crippen molar-refractivity contribution in [1.29, 1.82) is 0 Å². The van der Waals surface area contributed by atoms with Gasteiger partial charge in [-0.1, -0.05) is 13.8 Å². The molecular formula is C11H19N5O2. The Hall–Kier alpha value is -1.92. The summed E-state index contributed by atoms with van der Waals surface area (Å²) in [6.45, 7) is 6.15. The number of aromatic nitrogens is 3. The lowest BCUT2D eigenvalue weighted by Gasteiger charge is -2.17. The van der Waals surface area contributed by atoms with E-state index < -0.39 is 0 Å². The van der Waals surface area contributed by atoms with Crippen LogP contribution in [0.2, 0.25) is 0 Å². The Bertz CT molecular complexity index is 427. The van der Waals surface area contributed by atoms with Crippen molar-refractivity contribution in [2.75, 3.05) is 20.1 Å². The van der Waals surface area contributed by atoms with E-state index in [0.29, 0.717) is 12.4 Å². The number of nitrogens with one attached hydrogen (secondary N) is 2. The van der Waals surface area contributed by atoms with Gasteiger partial charge in [0.1, 0.15) is 5.82 Å². The second kappa shape index (κ2) is 6.13. The molecule has 0 aromatic carbocycles. The van der Waals surface area contributed by atoms with E-state index in [1.165, 1.54) is 11.9 Å². The monoisotopic (exact) mass is 253 g/mol. The molecular weight excluding hydrogens is 234 g/mol. The number of rotatable bonds is 5. The molecule has 1 heterocycles. The van der Waals surface area contributed by atoms with Gasteiger partial charge in [-0.15, -0.1) is 5.10 Å². The molecule has 7 nitrogen and oxygen atoms in total. The lowest BCUT2D eigenvalue weighted by molar-refractivity contribution is -0.121. The Kier molecular flexibility index (Phi) is 4.82. The molecule has 0 aliphatic rings. The number of hydrogen-bond acceptors (Lipinski definition) is 4. The third-order valence-corrected chi connectivity index (χ3v) is 2.52. The van der Waals surface area contributed by atoms with Gasteiger partial charge in [0.2, 0.25) is 11.7 Å². The van der Waals surface area contributed by atoms with Gasteiger partial charge in [-0.2, -0.15) is 0 Å². The van der Waals surface area contributed by atoms with E-state index in [-0.39, 0.29) is 30.1 Å². The molecule has 2 amide bonds. The highest BCUT2D eigenvalue weighted by atomic mass is 16.2. The molecule has 0 saturated heterocycles. The number of likely N-dealkylation sites (N-methyl/N-ethyl adjacent to an activating group) is 2. The maximum atomic E-state index is 12.1. The van der Waals surface area contributed by atoms with Crippen molar-refractivity contribution in [1.82, 2.24) is 25.4 Å². The number of aromatic amines is 1. The van der Waals surface area contributed by atoms with E-state index in [1.54, 1.807) is 6.92 Å². The second-order valence-electron chi connectivity index (χ2n) is 4.19. The zero-order valence-corrected chi connectivity index (χ0v) is 11.1. The van der Waals surface area contributed by atoms with Crippen molar-refractivity contribution >= 4 is 11.8 Å². The first-order valence-corrected chi connectivity index (χ1v) is 5.91. The van der Waals surface area contributed by atoms with E-state index in [4.69, 9.17) is 0 Å². The minimum atomic E-state index is -0.343. The van der Waals surface area contributed by atoms with Crippen molar-refractivity contribution in [3.8, 4) is 0 Å². The quantitative estimate of drug-likeness (QED) is 0.780. The summed E-state index contributed by atoms with van der Waals surface area (Å²) in [5.74, 6) is 0.376. The van der Waals surface area contributed by atoms with Crippen molar-refractivity contribution in [3.63, 3.8) is 0 Å². The summed E-state index contributed by atoms with van der Waals surface area (Å²) in [5.41, 5.74) is 0. The van der Waals surface area contributed by atoms with Crippen LogP contribution in [0.3, 0.4) is 0 Å². The molecule has 2 N–H and O–H groups in total. The zero-order chi connectivity index (χ0) is 13.7. The smallest absolute Gasteiger partial charge is 0.293 e. The van der Waals surface area contributed by atoms with Crippen LogP contribution in [-0.4, -0.2) is 52.0 Å². The molecule has 0 spiro atoms. The predicted octanol–water partition coefficient (Wildman–Crippen LogP) is 0.136. The third-order valence-electron chi connectivity index (χ3n) is 2.52. The highest BCUT2D eigenvalue weighted by Crippen LogP contribution is 2.08. The van der Waals surface area contributed by atoms with Crippen molar-refractivity contribution in [2.24, 2.45) is 0 Å². The minimum Gasteiger partial charge on any atom is -0.358 e. The summed E-state index contributed by atoms with van der Waals surface area (Å²) in [6.07, 6.45) is 0. The van der Waals surface area contributed by atoms with Crippen molar-refractivity contribution < 1.29 is 9.59 Å². The fourth-order valence-corrected chi connectivity index (χ4v) is 1.35. The molecule has 100 valence electrons. The number of carbonyl (C=O) groups is 2. The molecule has 0 unspecified atom stereocenters. The van der Waals surface area contributed by atoms with Crippen LogP contribution in [0.1, 0.15) is 43.1 Å². The number of nitrogens with zero attached hydrogens (tertiary/aromatic N) is 3. The molecule has 18 heavy (non-hydrogen) atoms. The van der Waals surface area contributed by atoms with Gasteiger partial charge in [0, 0.05) is 19.5 Å². The standard InChI is InChI=1S/C11H19N5O2/c1-5-16(6-8(17)12-4)11(18)10-13-9(7(2)3)14-15-10/h7H,5-6H2,1-4H3,(H,12,17)(H,13,14,15). The number of carbonyl (C=O) groups excluding carboxylic acids is 2. The van der Waals surface area contributed by atoms with Crippen molar-refractivity contribution in [3.05, 3.63) is 11.6 Å². The van der Waals surface area contributed by atoms with Gasteiger partial charge in [-0.25, -0.2) is 4.98 Å². The zero-order valence-electron chi connectivity index (χ0n) is 11.1. The van der Waals surface area contributed by atoms with Crippen molar-refractivity contribution in [2.45, 2.75) is 26.7 Å². The largest absolute Gasteiger partial charge is 0.358 e. The highest BCUT2D eigenvalue weighted by Gasteiger charge is 2.21. The average molecular weight is 253 g/mol. The van der Waals surface area contributed by atoms with E-state index >= 15 is 0 Å². The molecule has 0 radical (unpaired) electrons. The van der Waals surface area contributed by atoms with Crippen LogP contribution in [-0.2, 0) is 4.79 Å². The molecule has 0 aliphatic carbocycles. The summed E-state index contributed by atoms with van der Waals surface area (Å²) < 4.78 is 0. The normalized spacial score (nSPS) is 10.5. The molecule has 0 atom stereocenters. The molecule has 0 aliphatic heterocycles. The SMILES string of the molecule is CCN(CC(=O)NC)C(=O)c1n[nH]c(C(C)C)n1. The van der Waals surface area contributed by atoms with Gasteiger partial charge in [-0.05, 0) is 6.92 Å². The van der Waals surface area contributed by atoms with Crippen LogP contribution in [0.4, 0.5) is 0 Å². The molecule has 0 saturated carbocycles. The van der Waals surface area contributed by atoms with Gasteiger partial charge < -0.3 is 10.2 Å². The summed E-state index contributed by atoms with van der Waals surface area (Å²) in [7, 11) is 1.53. The van der Waals surface area contributed by atoms with Gasteiger partial charge in [0.25, 0.3) is 5.91 Å². The van der Waals surface area contributed by atoms with Crippen LogP contribution in [0.5, 0.6) is 0 Å². The lowest BCUT2D eigenvalue weighted by atomic mass is 10.2. The summed E-state index contributed by atoms with van der Waals surface area (Å²) in [5, 5.41) is 9.08. The first-order chi connectivity index (χ1) is 8.49. The van der Waals surface area contributed by atoms with Gasteiger partial charge >= 0.3 is 0 Å². The summed E-state index contributed by atoms with van der Waals surface area (Å²) >= 11 is 0. The summed E-state index contributed by atoms with van der Waals surface area (Å²) in [4.78, 5) is 28.9. The minimum absolute atomic E-state index is 0.0113. The first kappa shape index (κ1) is 14.1. The van der Waals surface area contributed by atoms with Crippen LogP contribution >= 0.6 is 0 Å². The molecule has 0 fully saturated rings. The highest BCUT2D eigenvalue weighted by molar-refractivity contribution is 5.93. The van der Waals surface area contributed by atoms with Gasteiger partial charge in [-0.3, -0.25) is 14.7 Å². The first-order valence-electron chi connectivity index (χ1n) is 5.91. The second-order valence-corrected chi connectivity index (χ2v) is 4.19. The average Bonchev–Trinajstić information content (AvgIpc) is 2.84. The Morgan fingerprint density at radius 2 is 2.11 bits per heavy atom. The Morgan fingerprint density at radius 3 is 2.56 bits per heavy atom. The predicted molar refractivity (Wildman–Crippen MR) is 66.1 cm³/mol. The molecule has 0 bridgehead atoms. The topological polar surface area (TPSA) is 91.0 Å². The van der Waals surface area contributed by atoms with E-state index in [2.05, 4.69) is 20.5 Å². The number of hydrogen-bond donors (Lipinski definition) is 2. The van der Waals surface area contributed by atoms with E-state index in [1.807, 2.05) is 13.8 Å². The maximum absolute atomic E-state index is 12.1. The Balaban J connectivity index is 2.79. The van der Waals surface area contributed by atoms with Crippen LogP contribution in [0.25, 0.3) is 0 Å². The summed E-state index contributed by atoms with van der Waals surface area (Å²) in [6, 6.07) is 0. The Morgan fingerprint density at radius 1 is 1.44 bits per heavy atom. The van der Waals surface area contributed by atoms with Crippen LogP contribution in [0, 0.1) is 0 Å². The van der Waals surface area contributed by atoms with Crippen LogP contribution < -0.4 is 5.32 Å². The van der Waals surface area contributed by atoms with Crippen LogP contribution in [0.15, 0.2) is 0 Å². The third kappa shape index (κ3) is 3.28. The number of H-pyrrole nitrogens is 1. The lowest BCUT2D eigenvalue weighted by Crippen LogP contribution is -2.39. The molecule has 1 rings (SSSR count). The fourth-order valence-electron chi connectivity index (χ4n) is 1.35. The molecule has 1 aromatic rings. The van der Waals surface area contributed by atoms with Gasteiger partial charge in [0.05, 0.1) is 6.54 Å². The van der Waals surface area contributed by atoms with E-state index in [9.17, 15) is 9.59 Å². The number of amides is 2. The Labute approximate surface area is 106 Å².